The zero-order valence-corrected chi connectivity index (χ0v) is 11.5. The Labute approximate surface area is 118 Å². The lowest BCUT2D eigenvalue weighted by Crippen LogP contribution is -2.24. The Morgan fingerprint density at radius 2 is 2.21 bits per heavy atom. The third kappa shape index (κ3) is 4.03. The fraction of sp³-hybridized carbons (Fsp3) is 0.154. The van der Waals surface area contributed by atoms with Gasteiger partial charge in [0.05, 0.1) is 0 Å². The Balaban J connectivity index is 1.95. The van der Waals surface area contributed by atoms with Crippen LogP contribution in [-0.4, -0.2) is 15.5 Å². The minimum atomic E-state index is -0.468. The standard InChI is InChI=1S/C13H11BrN2O3/c14-11-3-4-12(17)16(7-11)8-13(18)19-9-10-2-1-5-15-6-10/h1-7H,8-9H2. The molecule has 98 valence electrons. The summed E-state index contributed by atoms with van der Waals surface area (Å²) in [7, 11) is 0. The van der Waals surface area contributed by atoms with E-state index >= 15 is 0 Å². The van der Waals surface area contributed by atoms with E-state index in [1.807, 2.05) is 6.07 Å². The molecule has 2 aromatic rings. The van der Waals surface area contributed by atoms with Crippen molar-refractivity contribution in [2.45, 2.75) is 13.2 Å². The van der Waals surface area contributed by atoms with Gasteiger partial charge in [-0.3, -0.25) is 14.6 Å². The van der Waals surface area contributed by atoms with Gasteiger partial charge < -0.3 is 9.30 Å². The number of rotatable bonds is 4. The molecule has 0 saturated heterocycles. The summed E-state index contributed by atoms with van der Waals surface area (Å²) in [6, 6.07) is 6.59. The minimum Gasteiger partial charge on any atom is -0.459 e. The first kappa shape index (κ1) is 13.5. The maximum Gasteiger partial charge on any atom is 0.326 e. The van der Waals surface area contributed by atoms with Crippen molar-refractivity contribution >= 4 is 21.9 Å². The Kier molecular flexibility index (Phi) is 4.46. The van der Waals surface area contributed by atoms with Gasteiger partial charge in [-0.2, -0.15) is 0 Å². The van der Waals surface area contributed by atoms with Gasteiger partial charge in [-0.15, -0.1) is 0 Å². The van der Waals surface area contributed by atoms with Crippen LogP contribution in [-0.2, 0) is 22.7 Å². The van der Waals surface area contributed by atoms with Crippen molar-refractivity contribution < 1.29 is 9.53 Å². The third-order valence-electron chi connectivity index (χ3n) is 2.37. The van der Waals surface area contributed by atoms with Crippen LogP contribution in [0.25, 0.3) is 0 Å². The van der Waals surface area contributed by atoms with E-state index in [1.54, 1.807) is 30.7 Å². The highest BCUT2D eigenvalue weighted by Gasteiger charge is 2.06. The fourth-order valence-corrected chi connectivity index (χ4v) is 1.84. The number of pyridine rings is 2. The molecule has 0 aliphatic carbocycles. The van der Waals surface area contributed by atoms with Crippen LogP contribution in [0, 0.1) is 0 Å². The minimum absolute atomic E-state index is 0.113. The van der Waals surface area contributed by atoms with Crippen molar-refractivity contribution in [2.75, 3.05) is 0 Å². The van der Waals surface area contributed by atoms with Gasteiger partial charge in [-0.05, 0) is 28.1 Å². The van der Waals surface area contributed by atoms with Crippen LogP contribution < -0.4 is 5.56 Å². The number of hydrogen-bond acceptors (Lipinski definition) is 4. The first-order valence-electron chi connectivity index (χ1n) is 5.55. The number of carbonyl (C=O) groups excluding carboxylic acids is 1. The summed E-state index contributed by atoms with van der Waals surface area (Å²) in [5.74, 6) is -0.468. The molecule has 0 spiro atoms. The van der Waals surface area contributed by atoms with Gasteiger partial charge in [-0.25, -0.2) is 0 Å². The number of halogens is 1. The number of aromatic nitrogens is 2. The molecule has 0 unspecified atom stereocenters. The van der Waals surface area contributed by atoms with Crippen LogP contribution in [0.5, 0.6) is 0 Å². The first-order chi connectivity index (χ1) is 9.15. The molecule has 0 fully saturated rings. The quantitative estimate of drug-likeness (QED) is 0.804. The second-order valence-corrected chi connectivity index (χ2v) is 4.75. The van der Waals surface area contributed by atoms with Gasteiger partial charge in [-0.1, -0.05) is 6.07 Å². The van der Waals surface area contributed by atoms with Crippen LogP contribution in [0.3, 0.4) is 0 Å². The largest absolute Gasteiger partial charge is 0.459 e. The average molecular weight is 323 g/mol. The van der Waals surface area contributed by atoms with Crippen molar-refractivity contribution in [3.8, 4) is 0 Å². The second-order valence-electron chi connectivity index (χ2n) is 3.84. The van der Waals surface area contributed by atoms with Crippen LogP contribution in [0.15, 0.2) is 52.1 Å². The van der Waals surface area contributed by atoms with Crippen molar-refractivity contribution in [3.05, 3.63) is 63.2 Å². The highest BCUT2D eigenvalue weighted by Crippen LogP contribution is 2.05. The maximum atomic E-state index is 11.6. The zero-order valence-electron chi connectivity index (χ0n) is 9.95. The number of esters is 1. The molecule has 0 aromatic carbocycles. The molecule has 0 radical (unpaired) electrons. The molecule has 5 nitrogen and oxygen atoms in total. The molecule has 2 aromatic heterocycles. The van der Waals surface area contributed by atoms with Gasteiger partial charge in [0.15, 0.2) is 0 Å². The summed E-state index contributed by atoms with van der Waals surface area (Å²) < 4.78 is 7.09. The van der Waals surface area contributed by atoms with Gasteiger partial charge in [0, 0.05) is 34.7 Å². The molecule has 0 aliphatic rings. The van der Waals surface area contributed by atoms with Gasteiger partial charge in [0.2, 0.25) is 0 Å². The normalized spacial score (nSPS) is 10.2. The van der Waals surface area contributed by atoms with Crippen molar-refractivity contribution in [1.29, 1.82) is 0 Å². The van der Waals surface area contributed by atoms with E-state index in [0.717, 1.165) is 10.0 Å². The molecule has 0 atom stereocenters. The highest BCUT2D eigenvalue weighted by molar-refractivity contribution is 9.10. The summed E-state index contributed by atoms with van der Waals surface area (Å²) in [6.07, 6.45) is 4.82. The highest BCUT2D eigenvalue weighted by atomic mass is 79.9. The van der Waals surface area contributed by atoms with Crippen molar-refractivity contribution in [3.63, 3.8) is 0 Å². The molecule has 19 heavy (non-hydrogen) atoms. The summed E-state index contributed by atoms with van der Waals surface area (Å²) in [5.41, 5.74) is 0.555. The molecule has 0 bridgehead atoms. The summed E-state index contributed by atoms with van der Waals surface area (Å²) in [4.78, 5) is 27.1. The lowest BCUT2D eigenvalue weighted by molar-refractivity contribution is -0.145. The predicted octanol–water partition coefficient (Wildman–Crippen LogP) is 1.75. The number of hydrogen-bond donors (Lipinski definition) is 0. The Morgan fingerprint density at radius 1 is 1.37 bits per heavy atom. The third-order valence-corrected chi connectivity index (χ3v) is 2.84. The molecule has 6 heteroatoms. The SMILES string of the molecule is O=C(Cn1cc(Br)ccc1=O)OCc1cccnc1. The lowest BCUT2D eigenvalue weighted by Gasteiger charge is -2.07. The Hall–Kier alpha value is -1.95. The van der Waals surface area contributed by atoms with Gasteiger partial charge in [0.1, 0.15) is 13.2 Å². The van der Waals surface area contributed by atoms with Crippen molar-refractivity contribution in [1.82, 2.24) is 9.55 Å². The maximum absolute atomic E-state index is 11.6. The fourth-order valence-electron chi connectivity index (χ4n) is 1.46. The van der Waals surface area contributed by atoms with E-state index in [9.17, 15) is 9.59 Å². The molecule has 2 rings (SSSR count). The van der Waals surface area contributed by atoms with Gasteiger partial charge >= 0.3 is 5.97 Å². The summed E-state index contributed by atoms with van der Waals surface area (Å²) >= 11 is 3.24. The van der Waals surface area contributed by atoms with Crippen LogP contribution >= 0.6 is 15.9 Å². The van der Waals surface area contributed by atoms with Crippen LogP contribution in [0.2, 0.25) is 0 Å². The van der Waals surface area contributed by atoms with E-state index in [4.69, 9.17) is 4.74 Å². The van der Waals surface area contributed by atoms with Crippen molar-refractivity contribution in [2.24, 2.45) is 0 Å². The smallest absolute Gasteiger partial charge is 0.326 e. The van der Waals surface area contributed by atoms with E-state index < -0.39 is 5.97 Å². The first-order valence-corrected chi connectivity index (χ1v) is 6.35. The number of nitrogens with zero attached hydrogens (tertiary/aromatic N) is 2. The number of ether oxygens (including phenoxy) is 1. The lowest BCUT2D eigenvalue weighted by atomic mass is 10.3. The summed E-state index contributed by atoms with van der Waals surface area (Å²) in [6.45, 7) is 0.0357. The Bertz CT molecular complexity index is 625. The summed E-state index contributed by atoms with van der Waals surface area (Å²) in [5, 5.41) is 0. The zero-order chi connectivity index (χ0) is 13.7. The Morgan fingerprint density at radius 3 is 2.95 bits per heavy atom. The molecule has 0 aliphatic heterocycles. The molecule has 0 saturated carbocycles. The molecule has 2 heterocycles. The van der Waals surface area contributed by atoms with E-state index in [0.29, 0.717) is 0 Å². The second kappa shape index (κ2) is 6.29. The van der Waals surface area contributed by atoms with E-state index in [2.05, 4.69) is 20.9 Å². The monoisotopic (exact) mass is 322 g/mol. The van der Waals surface area contributed by atoms with E-state index in [-0.39, 0.29) is 18.7 Å². The molecule has 0 amide bonds. The molecule has 0 N–H and O–H groups in total. The molecular weight excluding hydrogens is 312 g/mol. The average Bonchev–Trinajstić information content (AvgIpc) is 2.42. The number of carbonyl (C=O) groups is 1. The van der Waals surface area contributed by atoms with Crippen LogP contribution in [0.1, 0.15) is 5.56 Å². The topological polar surface area (TPSA) is 61.2 Å². The van der Waals surface area contributed by atoms with Crippen LogP contribution in [0.4, 0.5) is 0 Å². The van der Waals surface area contributed by atoms with E-state index in [1.165, 1.54) is 10.6 Å². The molecular formula is C13H11BrN2O3. The predicted molar refractivity (Wildman–Crippen MR) is 72.4 cm³/mol. The van der Waals surface area contributed by atoms with Gasteiger partial charge in [0.25, 0.3) is 5.56 Å².